The van der Waals surface area contributed by atoms with Gasteiger partial charge in [0.15, 0.2) is 0 Å². The molecule has 2 N–H and O–H groups in total. The number of nitrogens with one attached hydrogen (secondary N) is 2. The summed E-state index contributed by atoms with van der Waals surface area (Å²) in [5.41, 5.74) is 0. The molecule has 1 fully saturated rings. The lowest BCUT2D eigenvalue weighted by Crippen LogP contribution is -2.31. The Morgan fingerprint density at radius 2 is 2.28 bits per heavy atom. The number of tetrazole rings is 1. The van der Waals surface area contributed by atoms with Crippen LogP contribution in [0.4, 0.5) is 10.7 Å². The molecule has 0 radical (unpaired) electrons. The van der Waals surface area contributed by atoms with Crippen LogP contribution in [0.15, 0.2) is 0 Å². The molecule has 1 aromatic heterocycles. The van der Waals surface area contributed by atoms with E-state index in [-0.39, 0.29) is 18.0 Å². The topological polar surface area (TPSA) is 84.7 Å². The fourth-order valence-corrected chi connectivity index (χ4v) is 1.92. The van der Waals surface area contributed by atoms with Gasteiger partial charge in [-0.15, -0.1) is 5.10 Å². The van der Waals surface area contributed by atoms with Crippen LogP contribution in [0.25, 0.3) is 0 Å². The van der Waals surface area contributed by atoms with E-state index in [0.717, 1.165) is 12.5 Å². The largest absolute Gasteiger partial charge is 0.338 e. The molecular weight excluding hydrogens is 232 g/mol. The zero-order chi connectivity index (χ0) is 13.1. The van der Waals surface area contributed by atoms with E-state index in [4.69, 9.17) is 0 Å². The van der Waals surface area contributed by atoms with Crippen LogP contribution in [0, 0.1) is 11.8 Å². The smallest absolute Gasteiger partial charge is 0.321 e. The Kier molecular flexibility index (Phi) is 3.78. The second-order valence-electron chi connectivity index (χ2n) is 5.03. The summed E-state index contributed by atoms with van der Waals surface area (Å²) in [6.45, 7) is 6.80. The molecule has 2 amide bonds. The predicted molar refractivity (Wildman–Crippen MR) is 67.1 cm³/mol. The highest BCUT2D eigenvalue weighted by atomic mass is 16.2. The summed E-state index contributed by atoms with van der Waals surface area (Å²) in [5.74, 6) is 1.66. The third-order valence-electron chi connectivity index (χ3n) is 3.23. The van der Waals surface area contributed by atoms with Crippen molar-refractivity contribution in [3.8, 4) is 0 Å². The molecule has 0 aromatic carbocycles. The highest BCUT2D eigenvalue weighted by Gasteiger charge is 2.35. The number of hydrogen-bond donors (Lipinski definition) is 2. The first kappa shape index (κ1) is 12.8. The second-order valence-corrected chi connectivity index (χ2v) is 5.03. The highest BCUT2D eigenvalue weighted by molar-refractivity contribution is 5.87. The Labute approximate surface area is 106 Å². The van der Waals surface area contributed by atoms with E-state index in [9.17, 15) is 4.79 Å². The van der Waals surface area contributed by atoms with Crippen LogP contribution < -0.4 is 10.6 Å². The van der Waals surface area contributed by atoms with Crippen molar-refractivity contribution >= 4 is 12.0 Å². The molecule has 7 heteroatoms. The summed E-state index contributed by atoms with van der Waals surface area (Å²) in [5, 5.41) is 17.0. The van der Waals surface area contributed by atoms with Gasteiger partial charge < -0.3 is 5.32 Å². The maximum absolute atomic E-state index is 11.6. The van der Waals surface area contributed by atoms with Gasteiger partial charge in [-0.05, 0) is 37.3 Å². The van der Waals surface area contributed by atoms with E-state index >= 15 is 0 Å². The van der Waals surface area contributed by atoms with Gasteiger partial charge in [-0.25, -0.2) is 4.79 Å². The summed E-state index contributed by atoms with van der Waals surface area (Å²) in [6, 6.07) is -0.132. The number of rotatable bonds is 5. The fourth-order valence-electron chi connectivity index (χ4n) is 1.92. The zero-order valence-corrected chi connectivity index (χ0v) is 11.1. The van der Waals surface area contributed by atoms with Gasteiger partial charge >= 0.3 is 6.03 Å². The number of carbonyl (C=O) groups is 1. The molecule has 0 bridgehead atoms. The first-order valence-electron chi connectivity index (χ1n) is 6.44. The van der Waals surface area contributed by atoms with E-state index < -0.39 is 0 Å². The van der Waals surface area contributed by atoms with Crippen molar-refractivity contribution < 1.29 is 4.79 Å². The normalized spacial score (nSPS) is 22.0. The number of hydrogen-bond acceptors (Lipinski definition) is 4. The van der Waals surface area contributed by atoms with Crippen LogP contribution in [0.1, 0.15) is 39.7 Å². The van der Waals surface area contributed by atoms with E-state index in [0.29, 0.717) is 5.92 Å². The number of amides is 2. The van der Waals surface area contributed by atoms with Crippen molar-refractivity contribution in [1.29, 1.82) is 0 Å². The monoisotopic (exact) mass is 252 g/mol. The van der Waals surface area contributed by atoms with Crippen LogP contribution >= 0.6 is 0 Å². The maximum atomic E-state index is 11.6. The van der Waals surface area contributed by atoms with Crippen molar-refractivity contribution in [2.24, 2.45) is 11.8 Å². The van der Waals surface area contributed by atoms with Gasteiger partial charge in [0.25, 0.3) is 5.95 Å². The van der Waals surface area contributed by atoms with Crippen LogP contribution in [-0.2, 0) is 0 Å². The minimum Gasteiger partial charge on any atom is -0.338 e. The van der Waals surface area contributed by atoms with Gasteiger partial charge in [-0.3, -0.25) is 5.32 Å². The molecule has 0 spiro atoms. The Morgan fingerprint density at radius 3 is 2.83 bits per heavy atom. The lowest BCUT2D eigenvalue weighted by molar-refractivity contribution is 0.251. The third kappa shape index (κ3) is 3.18. The first-order chi connectivity index (χ1) is 8.60. The van der Waals surface area contributed by atoms with Crippen molar-refractivity contribution in [3.05, 3.63) is 0 Å². The molecule has 1 aliphatic rings. The summed E-state index contributed by atoms with van der Waals surface area (Å²) >= 11 is 0. The van der Waals surface area contributed by atoms with Crippen LogP contribution in [0.2, 0.25) is 0 Å². The third-order valence-corrected chi connectivity index (χ3v) is 3.23. The highest BCUT2D eigenvalue weighted by Crippen LogP contribution is 2.40. The van der Waals surface area contributed by atoms with Gasteiger partial charge in [0.2, 0.25) is 0 Å². The van der Waals surface area contributed by atoms with Crippen LogP contribution in [0.5, 0.6) is 0 Å². The lowest BCUT2D eigenvalue weighted by atomic mass is 10.2. The molecule has 0 saturated heterocycles. The number of urea groups is 1. The van der Waals surface area contributed by atoms with E-state index in [1.54, 1.807) is 0 Å². The van der Waals surface area contributed by atoms with Gasteiger partial charge in [-0.1, -0.05) is 18.4 Å². The Bertz CT molecular complexity index is 415. The molecular formula is C11H20N6O. The molecule has 0 aliphatic heterocycles. The summed E-state index contributed by atoms with van der Waals surface area (Å²) in [6.07, 6.45) is 2.41. The molecule has 1 aliphatic carbocycles. The van der Waals surface area contributed by atoms with Gasteiger partial charge in [0.1, 0.15) is 0 Å². The van der Waals surface area contributed by atoms with Crippen molar-refractivity contribution in [3.63, 3.8) is 0 Å². The molecule has 7 nitrogen and oxygen atoms in total. The van der Waals surface area contributed by atoms with Crippen LogP contribution in [0.3, 0.4) is 0 Å². The first-order valence-corrected chi connectivity index (χ1v) is 6.44. The number of anilines is 1. The fraction of sp³-hybridized carbons (Fsp3) is 0.818. The minimum absolute atomic E-state index is 0.132. The summed E-state index contributed by atoms with van der Waals surface area (Å²) < 4.78 is 0. The standard InChI is InChI=1S/C11H20N6O/c1-4-8-5-9(8)6-12-11(18)13-10-14-16-17(15-10)7(2)3/h7-9H,4-6H2,1-3H3,(H2,12,13,15,18)/t8-,9+/m1/s1. The predicted octanol–water partition coefficient (Wildman–Crippen LogP) is 1.42. The zero-order valence-electron chi connectivity index (χ0n) is 11.1. The SMILES string of the molecule is CC[C@@H]1C[C@H]1CNC(=O)Nc1nnn(C(C)C)n1. The Morgan fingerprint density at radius 1 is 1.50 bits per heavy atom. The Balaban J connectivity index is 1.73. The quantitative estimate of drug-likeness (QED) is 0.830. The molecule has 1 heterocycles. The van der Waals surface area contributed by atoms with Gasteiger partial charge in [0, 0.05) is 6.54 Å². The Hall–Kier alpha value is -1.66. The molecule has 18 heavy (non-hydrogen) atoms. The molecule has 2 rings (SSSR count). The van der Waals surface area contributed by atoms with Gasteiger partial charge in [0.05, 0.1) is 6.04 Å². The number of nitrogens with zero attached hydrogens (tertiary/aromatic N) is 4. The summed E-state index contributed by atoms with van der Waals surface area (Å²) in [7, 11) is 0. The lowest BCUT2D eigenvalue weighted by Gasteiger charge is -2.04. The maximum Gasteiger partial charge on any atom is 0.321 e. The van der Waals surface area contributed by atoms with E-state index in [1.165, 1.54) is 17.6 Å². The average molecular weight is 252 g/mol. The van der Waals surface area contributed by atoms with Gasteiger partial charge in [-0.2, -0.15) is 4.80 Å². The summed E-state index contributed by atoms with van der Waals surface area (Å²) in [4.78, 5) is 13.0. The molecule has 1 saturated carbocycles. The van der Waals surface area contributed by atoms with Crippen LogP contribution in [-0.4, -0.2) is 32.8 Å². The molecule has 100 valence electrons. The van der Waals surface area contributed by atoms with E-state index in [2.05, 4.69) is 33.0 Å². The average Bonchev–Trinajstić information content (AvgIpc) is 2.95. The molecule has 0 unspecified atom stereocenters. The number of aromatic nitrogens is 4. The van der Waals surface area contributed by atoms with E-state index in [1.807, 2.05) is 13.8 Å². The molecule has 2 atom stereocenters. The second kappa shape index (κ2) is 5.32. The minimum atomic E-state index is -0.264. The van der Waals surface area contributed by atoms with Crippen molar-refractivity contribution in [2.75, 3.05) is 11.9 Å². The van der Waals surface area contributed by atoms with Crippen molar-refractivity contribution in [2.45, 2.75) is 39.7 Å². The number of carbonyl (C=O) groups excluding carboxylic acids is 1. The molecule has 1 aromatic rings. The van der Waals surface area contributed by atoms with Crippen molar-refractivity contribution in [1.82, 2.24) is 25.5 Å².